The van der Waals surface area contributed by atoms with E-state index in [1.54, 1.807) is 24.8 Å². The number of nitrogens with zero attached hydrogens (tertiary/aromatic N) is 4. The van der Waals surface area contributed by atoms with Crippen LogP contribution in [-0.4, -0.2) is 46.0 Å². The molecule has 6 nitrogen and oxygen atoms in total. The number of hydrogen-bond donors (Lipinski definition) is 0. The second-order valence-electron chi connectivity index (χ2n) is 7.80. The third-order valence-corrected chi connectivity index (χ3v) is 6.37. The highest BCUT2D eigenvalue weighted by Gasteiger charge is 2.32. The Morgan fingerprint density at radius 1 is 1.18 bits per heavy atom. The SMILES string of the molecule is CC(=O)c1ccccc1OCCSc1nnc(N2CCC(C)CC2)n1C1CC1. The first kappa shape index (κ1) is 19.3. The Bertz CT molecular complexity index is 826. The van der Waals surface area contributed by atoms with Gasteiger partial charge in [0.1, 0.15) is 5.75 Å². The average Bonchev–Trinajstić information content (AvgIpc) is 3.45. The fourth-order valence-corrected chi connectivity index (χ4v) is 4.43. The lowest BCUT2D eigenvalue weighted by Crippen LogP contribution is -2.34. The lowest BCUT2D eigenvalue weighted by Gasteiger charge is -2.31. The number of anilines is 1. The molecule has 2 aromatic rings. The molecule has 7 heteroatoms. The average molecular weight is 401 g/mol. The Hall–Kier alpha value is -2.02. The summed E-state index contributed by atoms with van der Waals surface area (Å²) >= 11 is 1.69. The van der Waals surface area contributed by atoms with E-state index >= 15 is 0 Å². The third-order valence-electron chi connectivity index (χ3n) is 5.46. The summed E-state index contributed by atoms with van der Waals surface area (Å²) in [5.41, 5.74) is 0.635. The van der Waals surface area contributed by atoms with Gasteiger partial charge in [0.2, 0.25) is 5.95 Å². The quantitative estimate of drug-likeness (QED) is 0.376. The number of ketones is 1. The molecule has 28 heavy (non-hydrogen) atoms. The number of hydrogen-bond acceptors (Lipinski definition) is 6. The van der Waals surface area contributed by atoms with E-state index < -0.39 is 0 Å². The summed E-state index contributed by atoms with van der Waals surface area (Å²) in [5, 5.41) is 10.0. The van der Waals surface area contributed by atoms with Gasteiger partial charge in [-0.25, -0.2) is 0 Å². The van der Waals surface area contributed by atoms with Gasteiger partial charge in [-0.15, -0.1) is 10.2 Å². The van der Waals surface area contributed by atoms with Gasteiger partial charge in [0.15, 0.2) is 10.9 Å². The Kier molecular flexibility index (Phi) is 5.90. The highest BCUT2D eigenvalue weighted by atomic mass is 32.2. The molecule has 1 aliphatic heterocycles. The van der Waals surface area contributed by atoms with E-state index in [4.69, 9.17) is 4.74 Å². The number of benzene rings is 1. The van der Waals surface area contributed by atoms with E-state index in [2.05, 4.69) is 26.6 Å². The topological polar surface area (TPSA) is 60.2 Å². The molecule has 150 valence electrons. The van der Waals surface area contributed by atoms with Crippen molar-refractivity contribution in [3.63, 3.8) is 0 Å². The highest BCUT2D eigenvalue weighted by molar-refractivity contribution is 7.99. The number of thioether (sulfide) groups is 1. The molecular formula is C21H28N4O2S. The summed E-state index contributed by atoms with van der Waals surface area (Å²) in [6.07, 6.45) is 4.88. The zero-order valence-corrected chi connectivity index (χ0v) is 17.5. The summed E-state index contributed by atoms with van der Waals surface area (Å²) < 4.78 is 8.20. The van der Waals surface area contributed by atoms with Gasteiger partial charge < -0.3 is 9.64 Å². The Morgan fingerprint density at radius 2 is 1.93 bits per heavy atom. The number of carbonyl (C=O) groups is 1. The fourth-order valence-electron chi connectivity index (χ4n) is 3.61. The lowest BCUT2D eigenvalue weighted by molar-refractivity contribution is 0.101. The van der Waals surface area contributed by atoms with Crippen LogP contribution in [0.2, 0.25) is 0 Å². The van der Waals surface area contributed by atoms with Crippen LogP contribution in [0.3, 0.4) is 0 Å². The van der Waals surface area contributed by atoms with Gasteiger partial charge in [-0.05, 0) is 50.7 Å². The molecule has 0 spiro atoms. The number of ether oxygens (including phenoxy) is 1. The maximum Gasteiger partial charge on any atom is 0.228 e. The Morgan fingerprint density at radius 3 is 2.64 bits per heavy atom. The number of piperidine rings is 1. The molecule has 2 heterocycles. The molecular weight excluding hydrogens is 372 g/mol. The minimum Gasteiger partial charge on any atom is -0.492 e. The monoisotopic (exact) mass is 400 g/mol. The standard InChI is InChI=1S/C21H28N4O2S/c1-15-9-11-24(12-10-15)20-22-23-21(25(20)17-7-8-17)28-14-13-27-19-6-4-3-5-18(19)16(2)26/h3-6,15,17H,7-14H2,1-2H3. The van der Waals surface area contributed by atoms with Gasteiger partial charge in [-0.1, -0.05) is 30.8 Å². The van der Waals surface area contributed by atoms with Crippen molar-refractivity contribution in [1.82, 2.24) is 14.8 Å². The molecule has 0 radical (unpaired) electrons. The molecule has 0 unspecified atom stereocenters. The zero-order valence-electron chi connectivity index (χ0n) is 16.6. The molecule has 1 saturated heterocycles. The second kappa shape index (κ2) is 8.55. The van der Waals surface area contributed by atoms with Crippen LogP contribution in [0.5, 0.6) is 5.75 Å². The first-order chi connectivity index (χ1) is 13.6. The van der Waals surface area contributed by atoms with E-state index in [1.165, 1.54) is 25.7 Å². The van der Waals surface area contributed by atoms with Crippen molar-refractivity contribution in [2.24, 2.45) is 5.92 Å². The van der Waals surface area contributed by atoms with Crippen LogP contribution in [0.4, 0.5) is 5.95 Å². The van der Waals surface area contributed by atoms with Gasteiger partial charge in [0.25, 0.3) is 0 Å². The maximum absolute atomic E-state index is 11.7. The van der Waals surface area contributed by atoms with Crippen molar-refractivity contribution >= 4 is 23.5 Å². The highest BCUT2D eigenvalue weighted by Crippen LogP contribution is 2.41. The molecule has 4 rings (SSSR count). The van der Waals surface area contributed by atoms with E-state index in [0.29, 0.717) is 24.0 Å². The molecule has 2 fully saturated rings. The molecule has 0 bridgehead atoms. The van der Waals surface area contributed by atoms with Crippen molar-refractivity contribution in [3.05, 3.63) is 29.8 Å². The van der Waals surface area contributed by atoms with E-state index in [-0.39, 0.29) is 5.78 Å². The van der Waals surface area contributed by atoms with E-state index in [0.717, 1.165) is 35.9 Å². The van der Waals surface area contributed by atoms with Gasteiger partial charge in [0.05, 0.1) is 12.2 Å². The van der Waals surface area contributed by atoms with Crippen LogP contribution >= 0.6 is 11.8 Å². The summed E-state index contributed by atoms with van der Waals surface area (Å²) in [6, 6.07) is 7.96. The van der Waals surface area contributed by atoms with Crippen molar-refractivity contribution in [2.45, 2.75) is 50.7 Å². The minimum atomic E-state index is 0.0252. The molecule has 1 aromatic carbocycles. The molecule has 0 N–H and O–H groups in total. The summed E-state index contributed by atoms with van der Waals surface area (Å²) in [7, 11) is 0. The van der Waals surface area contributed by atoms with Crippen molar-refractivity contribution in [3.8, 4) is 5.75 Å². The summed E-state index contributed by atoms with van der Waals surface area (Å²) in [5.74, 6) is 3.30. The predicted octanol–water partition coefficient (Wildman–Crippen LogP) is 4.22. The number of aromatic nitrogens is 3. The largest absolute Gasteiger partial charge is 0.492 e. The molecule has 1 aromatic heterocycles. The van der Waals surface area contributed by atoms with Gasteiger partial charge in [-0.2, -0.15) is 0 Å². The smallest absolute Gasteiger partial charge is 0.228 e. The number of carbonyl (C=O) groups excluding carboxylic acids is 1. The molecule has 1 aliphatic carbocycles. The zero-order chi connectivity index (χ0) is 19.5. The third kappa shape index (κ3) is 4.35. The Balaban J connectivity index is 1.37. The molecule has 0 amide bonds. The lowest BCUT2D eigenvalue weighted by atomic mass is 10.00. The maximum atomic E-state index is 11.7. The van der Waals surface area contributed by atoms with E-state index in [9.17, 15) is 4.79 Å². The Labute approximate surface area is 170 Å². The van der Waals surface area contributed by atoms with Crippen LogP contribution in [-0.2, 0) is 0 Å². The van der Waals surface area contributed by atoms with E-state index in [1.807, 2.05) is 18.2 Å². The number of para-hydroxylation sites is 1. The summed E-state index contributed by atoms with van der Waals surface area (Å²) in [4.78, 5) is 14.1. The molecule has 1 saturated carbocycles. The van der Waals surface area contributed by atoms with Crippen LogP contribution in [0, 0.1) is 5.92 Å². The predicted molar refractivity (Wildman–Crippen MR) is 112 cm³/mol. The van der Waals surface area contributed by atoms with Crippen molar-refractivity contribution in [2.75, 3.05) is 30.3 Å². The minimum absolute atomic E-state index is 0.0252. The first-order valence-electron chi connectivity index (χ1n) is 10.2. The first-order valence-corrected chi connectivity index (χ1v) is 11.2. The van der Waals surface area contributed by atoms with Crippen LogP contribution in [0.25, 0.3) is 0 Å². The van der Waals surface area contributed by atoms with Gasteiger partial charge in [-0.3, -0.25) is 9.36 Å². The van der Waals surface area contributed by atoms with Crippen LogP contribution < -0.4 is 9.64 Å². The van der Waals surface area contributed by atoms with Crippen LogP contribution in [0.1, 0.15) is 55.9 Å². The molecule has 2 aliphatic rings. The second-order valence-corrected chi connectivity index (χ2v) is 8.86. The number of Topliss-reactive ketones (excluding diaryl/α,β-unsaturated/α-hetero) is 1. The summed E-state index contributed by atoms with van der Waals surface area (Å²) in [6.45, 7) is 6.57. The van der Waals surface area contributed by atoms with Crippen molar-refractivity contribution < 1.29 is 9.53 Å². The van der Waals surface area contributed by atoms with Gasteiger partial charge in [0, 0.05) is 24.9 Å². The molecule has 0 atom stereocenters. The van der Waals surface area contributed by atoms with Crippen molar-refractivity contribution in [1.29, 1.82) is 0 Å². The normalized spacial score (nSPS) is 17.7. The fraction of sp³-hybridized carbons (Fsp3) is 0.571. The van der Waals surface area contributed by atoms with Crippen LogP contribution in [0.15, 0.2) is 29.4 Å². The van der Waals surface area contributed by atoms with Gasteiger partial charge >= 0.3 is 0 Å². The number of rotatable bonds is 8.